The predicted octanol–water partition coefficient (Wildman–Crippen LogP) is 2.01. The Morgan fingerprint density at radius 2 is 1.41 bits per heavy atom. The lowest BCUT2D eigenvalue weighted by Gasteiger charge is -2.26. The topological polar surface area (TPSA) is 222 Å². The van der Waals surface area contributed by atoms with Crippen LogP contribution in [0, 0.1) is 0 Å². The lowest BCUT2D eigenvalue weighted by molar-refractivity contribution is -0.141. The number of benzene rings is 2. The van der Waals surface area contributed by atoms with Gasteiger partial charge in [-0.1, -0.05) is 48.5 Å². The van der Waals surface area contributed by atoms with Crippen LogP contribution in [0.5, 0.6) is 0 Å². The fourth-order valence-corrected chi connectivity index (χ4v) is 5.43. The Bertz CT molecular complexity index is 1620. The quantitative estimate of drug-likeness (QED) is 0.110. The van der Waals surface area contributed by atoms with Gasteiger partial charge in [0, 0.05) is 29.9 Å². The Balaban J connectivity index is 1.81. The number of ether oxygens (including phenoxy) is 1. The van der Waals surface area contributed by atoms with E-state index in [0.29, 0.717) is 11.3 Å². The second kappa shape index (κ2) is 17.9. The van der Waals surface area contributed by atoms with E-state index in [2.05, 4.69) is 26.3 Å². The molecular formula is C34H44N6O8S. The molecule has 0 fully saturated rings. The Hall–Kier alpha value is -5.05. The predicted molar refractivity (Wildman–Crippen MR) is 186 cm³/mol. The van der Waals surface area contributed by atoms with E-state index >= 15 is 0 Å². The molecule has 264 valence electrons. The highest BCUT2D eigenvalue weighted by Gasteiger charge is 2.33. The zero-order valence-electron chi connectivity index (χ0n) is 27.9. The number of aliphatic carboxylic acids is 1. The molecule has 5 amide bonds. The van der Waals surface area contributed by atoms with Crippen molar-refractivity contribution in [2.75, 3.05) is 12.0 Å². The van der Waals surface area contributed by atoms with Crippen LogP contribution in [-0.2, 0) is 41.6 Å². The number of aromatic nitrogens is 1. The van der Waals surface area contributed by atoms with Crippen LogP contribution in [0.2, 0.25) is 0 Å². The van der Waals surface area contributed by atoms with E-state index in [1.807, 2.05) is 24.3 Å². The summed E-state index contributed by atoms with van der Waals surface area (Å²) in [7, 11) is 0. The van der Waals surface area contributed by atoms with Gasteiger partial charge >= 0.3 is 12.1 Å². The molecule has 15 heteroatoms. The largest absolute Gasteiger partial charge is 0.481 e. The van der Waals surface area contributed by atoms with Crippen LogP contribution < -0.4 is 27.0 Å². The average Bonchev–Trinajstić information content (AvgIpc) is 3.43. The molecule has 0 aliphatic rings. The number of aromatic amines is 1. The van der Waals surface area contributed by atoms with Crippen molar-refractivity contribution in [2.24, 2.45) is 5.73 Å². The Kier molecular flexibility index (Phi) is 14.0. The first-order valence-corrected chi connectivity index (χ1v) is 17.1. The van der Waals surface area contributed by atoms with E-state index < -0.39 is 71.9 Å². The molecule has 1 aromatic heterocycles. The summed E-state index contributed by atoms with van der Waals surface area (Å²) in [6, 6.07) is 11.0. The molecule has 0 aliphatic heterocycles. The summed E-state index contributed by atoms with van der Waals surface area (Å²) in [5.74, 6) is -4.28. The van der Waals surface area contributed by atoms with E-state index in [0.717, 1.165) is 16.5 Å². The van der Waals surface area contributed by atoms with Crippen molar-refractivity contribution in [3.05, 3.63) is 71.9 Å². The molecule has 8 N–H and O–H groups in total. The molecule has 0 aliphatic carbocycles. The van der Waals surface area contributed by atoms with Gasteiger partial charge < -0.3 is 41.8 Å². The number of rotatable bonds is 17. The highest BCUT2D eigenvalue weighted by Crippen LogP contribution is 2.20. The van der Waals surface area contributed by atoms with Crippen molar-refractivity contribution in [2.45, 2.75) is 76.2 Å². The van der Waals surface area contributed by atoms with Gasteiger partial charge in [0.2, 0.25) is 23.6 Å². The number of carboxylic acid groups (broad SMARTS) is 1. The number of carbonyl (C=O) groups excluding carboxylic acids is 5. The van der Waals surface area contributed by atoms with E-state index in [4.69, 9.17) is 10.5 Å². The number of carboxylic acids is 1. The molecule has 49 heavy (non-hydrogen) atoms. The second-order valence-electron chi connectivity index (χ2n) is 12.4. The van der Waals surface area contributed by atoms with Gasteiger partial charge in [0.1, 0.15) is 29.8 Å². The fraction of sp³-hybridized carbons (Fsp3) is 0.412. The zero-order chi connectivity index (χ0) is 36.1. The SMILES string of the molecule is CSCC[C@H](NC(=O)C(Cc1c[nH]c2ccccc12)NC(=O)OC(C)(C)C)C(=O)N[C@@H](CC(=O)O)C(=O)N[C@@H](Cc1ccccc1)C(N)=O. The van der Waals surface area contributed by atoms with E-state index in [1.165, 1.54) is 11.8 Å². The second-order valence-corrected chi connectivity index (χ2v) is 13.4. The first kappa shape index (κ1) is 38.4. The molecule has 0 radical (unpaired) electrons. The number of hydrogen-bond acceptors (Lipinski definition) is 8. The van der Waals surface area contributed by atoms with Gasteiger partial charge in [0.05, 0.1) is 6.42 Å². The first-order chi connectivity index (χ1) is 23.2. The third kappa shape index (κ3) is 12.5. The molecule has 0 spiro atoms. The highest BCUT2D eigenvalue weighted by molar-refractivity contribution is 7.98. The lowest BCUT2D eigenvalue weighted by atomic mass is 10.0. The van der Waals surface area contributed by atoms with Gasteiger partial charge in [-0.25, -0.2) is 4.79 Å². The van der Waals surface area contributed by atoms with Crippen molar-refractivity contribution in [3.63, 3.8) is 0 Å². The fourth-order valence-electron chi connectivity index (χ4n) is 4.96. The number of alkyl carbamates (subject to hydrolysis) is 1. The van der Waals surface area contributed by atoms with Crippen LogP contribution in [0.3, 0.4) is 0 Å². The summed E-state index contributed by atoms with van der Waals surface area (Å²) in [6.07, 6.45) is 2.10. The lowest BCUT2D eigenvalue weighted by Crippen LogP contribution is -2.59. The monoisotopic (exact) mass is 696 g/mol. The number of H-pyrrole nitrogens is 1. The molecule has 1 heterocycles. The molecule has 0 bridgehead atoms. The minimum absolute atomic E-state index is 0.0462. The van der Waals surface area contributed by atoms with Gasteiger partial charge in [0.15, 0.2) is 0 Å². The number of amides is 5. The third-order valence-corrected chi connectivity index (χ3v) is 7.95. The van der Waals surface area contributed by atoms with Gasteiger partial charge in [-0.2, -0.15) is 11.8 Å². The normalized spacial score (nSPS) is 13.7. The maximum absolute atomic E-state index is 13.8. The number of carbonyl (C=O) groups is 6. The number of fused-ring (bicyclic) bond motifs is 1. The molecule has 0 saturated carbocycles. The number of nitrogens with two attached hydrogens (primary N) is 1. The Morgan fingerprint density at radius 1 is 0.816 bits per heavy atom. The van der Waals surface area contributed by atoms with Crippen molar-refractivity contribution >= 4 is 58.4 Å². The molecule has 4 atom stereocenters. The molecule has 2 aromatic carbocycles. The van der Waals surface area contributed by atoms with Gasteiger partial charge in [0.25, 0.3) is 0 Å². The molecular weight excluding hydrogens is 652 g/mol. The maximum Gasteiger partial charge on any atom is 0.408 e. The van der Waals surface area contributed by atoms with Crippen LogP contribution in [-0.4, -0.2) is 87.6 Å². The van der Waals surface area contributed by atoms with E-state index in [9.17, 15) is 33.9 Å². The van der Waals surface area contributed by atoms with Crippen molar-refractivity contribution in [1.82, 2.24) is 26.3 Å². The van der Waals surface area contributed by atoms with Crippen LogP contribution in [0.1, 0.15) is 44.7 Å². The number of hydrogen-bond donors (Lipinski definition) is 7. The van der Waals surface area contributed by atoms with E-state index in [1.54, 1.807) is 63.6 Å². The standard InChI is InChI=1S/C34H44N6O8S/c1-34(2,3)48-33(47)40-26(17-21-19-36-23-13-9-8-12-22(21)23)31(45)37-24(14-15-49-4)30(44)39-27(18-28(41)42)32(46)38-25(29(35)43)16-20-10-6-5-7-11-20/h5-13,19,24-27,36H,14-18H2,1-4H3,(H2,35,43)(H,37,45)(H,38,46)(H,39,44)(H,40,47)(H,41,42)/t24-,25-,26?,27-/m0/s1. The zero-order valence-corrected chi connectivity index (χ0v) is 28.7. The summed E-state index contributed by atoms with van der Waals surface area (Å²) in [5.41, 5.74) is 6.94. The smallest absolute Gasteiger partial charge is 0.408 e. The Labute approximate surface area is 288 Å². The van der Waals surface area contributed by atoms with Crippen LogP contribution >= 0.6 is 11.8 Å². The summed E-state index contributed by atoms with van der Waals surface area (Å²) < 4.78 is 5.39. The summed E-state index contributed by atoms with van der Waals surface area (Å²) in [5, 5.41) is 20.5. The minimum atomic E-state index is -1.60. The van der Waals surface area contributed by atoms with Gasteiger partial charge in [-0.15, -0.1) is 0 Å². The number of para-hydroxylation sites is 1. The van der Waals surface area contributed by atoms with E-state index in [-0.39, 0.29) is 19.3 Å². The highest BCUT2D eigenvalue weighted by atomic mass is 32.2. The summed E-state index contributed by atoms with van der Waals surface area (Å²) in [6.45, 7) is 5.04. The number of nitrogens with one attached hydrogen (secondary N) is 5. The summed E-state index contributed by atoms with van der Waals surface area (Å²) >= 11 is 1.40. The molecule has 1 unspecified atom stereocenters. The minimum Gasteiger partial charge on any atom is -0.481 e. The van der Waals surface area contributed by atoms with Gasteiger partial charge in [-0.3, -0.25) is 24.0 Å². The number of primary amides is 1. The van der Waals surface area contributed by atoms with Crippen LogP contribution in [0.25, 0.3) is 10.9 Å². The first-order valence-electron chi connectivity index (χ1n) is 15.7. The molecule has 0 saturated heterocycles. The molecule has 14 nitrogen and oxygen atoms in total. The van der Waals surface area contributed by atoms with Crippen LogP contribution in [0.15, 0.2) is 60.8 Å². The van der Waals surface area contributed by atoms with Crippen molar-refractivity contribution < 1.29 is 38.6 Å². The maximum atomic E-state index is 13.8. The average molecular weight is 697 g/mol. The summed E-state index contributed by atoms with van der Waals surface area (Å²) in [4.78, 5) is 80.4. The number of thioether (sulfide) groups is 1. The van der Waals surface area contributed by atoms with Crippen LogP contribution in [0.4, 0.5) is 4.79 Å². The molecule has 3 aromatic rings. The Morgan fingerprint density at radius 3 is 2.04 bits per heavy atom. The third-order valence-electron chi connectivity index (χ3n) is 7.30. The van der Waals surface area contributed by atoms with Crippen molar-refractivity contribution in [1.29, 1.82) is 0 Å². The van der Waals surface area contributed by atoms with Crippen molar-refractivity contribution in [3.8, 4) is 0 Å². The van der Waals surface area contributed by atoms with Gasteiger partial charge in [-0.05, 0) is 56.4 Å². The molecule has 3 rings (SSSR count).